The van der Waals surface area contributed by atoms with Crippen LogP contribution in [0.15, 0.2) is 18.2 Å². The summed E-state index contributed by atoms with van der Waals surface area (Å²) in [7, 11) is 1.51. The summed E-state index contributed by atoms with van der Waals surface area (Å²) in [4.78, 5) is 13.3. The van der Waals surface area contributed by atoms with Crippen molar-refractivity contribution in [2.45, 2.75) is 19.4 Å². The Balaban J connectivity index is 3.08. The van der Waals surface area contributed by atoms with Gasteiger partial charge in [0.15, 0.2) is 0 Å². The smallest absolute Gasteiger partial charge is 0.257 e. The number of likely N-dealkylation sites (N-methyl/N-ethyl adjacent to an activating group) is 1. The van der Waals surface area contributed by atoms with Crippen LogP contribution >= 0.6 is 0 Å². The third-order valence-electron chi connectivity index (χ3n) is 2.87. The molecular weight excluding hydrogens is 226 g/mol. The molecule has 0 aliphatic heterocycles. The number of carbonyl (C=O) groups is 1. The minimum atomic E-state index is -0.740. The van der Waals surface area contributed by atoms with Gasteiger partial charge in [0.1, 0.15) is 11.6 Å². The van der Waals surface area contributed by atoms with Crippen molar-refractivity contribution in [1.29, 1.82) is 0 Å². The molecule has 0 aliphatic rings. The maximum Gasteiger partial charge on any atom is 0.257 e. The van der Waals surface area contributed by atoms with Crippen molar-refractivity contribution < 1.29 is 13.6 Å². The molecule has 0 bridgehead atoms. The van der Waals surface area contributed by atoms with E-state index >= 15 is 0 Å². The highest BCUT2D eigenvalue weighted by molar-refractivity contribution is 5.94. The highest BCUT2D eigenvalue weighted by Crippen LogP contribution is 2.17. The Kier molecular flexibility index (Phi) is 3.83. The maximum atomic E-state index is 13.4. The molecule has 0 atom stereocenters. The molecule has 0 aromatic heterocycles. The summed E-state index contributed by atoms with van der Waals surface area (Å²) >= 11 is 0. The molecule has 2 N–H and O–H groups in total. The van der Waals surface area contributed by atoms with Crippen LogP contribution in [-0.2, 0) is 0 Å². The quantitative estimate of drug-likeness (QED) is 0.878. The molecule has 0 radical (unpaired) electrons. The molecule has 5 heteroatoms. The van der Waals surface area contributed by atoms with Crippen LogP contribution in [0.2, 0.25) is 0 Å². The molecule has 1 amide bonds. The first-order valence-electron chi connectivity index (χ1n) is 5.23. The maximum absolute atomic E-state index is 13.4. The number of amides is 1. The third-order valence-corrected chi connectivity index (χ3v) is 2.87. The van der Waals surface area contributed by atoms with E-state index in [1.165, 1.54) is 11.9 Å². The largest absolute Gasteiger partial charge is 0.335 e. The molecule has 0 aliphatic carbocycles. The van der Waals surface area contributed by atoms with Crippen molar-refractivity contribution in [3.63, 3.8) is 0 Å². The van der Waals surface area contributed by atoms with Crippen LogP contribution in [0.1, 0.15) is 24.2 Å². The van der Waals surface area contributed by atoms with Gasteiger partial charge in [0, 0.05) is 19.1 Å². The number of carbonyl (C=O) groups excluding carboxylic acids is 1. The summed E-state index contributed by atoms with van der Waals surface area (Å²) < 4.78 is 26.4. The number of halogens is 2. The Labute approximate surface area is 99.2 Å². The van der Waals surface area contributed by atoms with Crippen molar-refractivity contribution >= 4 is 5.91 Å². The zero-order chi connectivity index (χ0) is 13.2. The minimum absolute atomic E-state index is 0.228. The lowest BCUT2D eigenvalue weighted by atomic mass is 10.0. The van der Waals surface area contributed by atoms with E-state index in [2.05, 4.69) is 0 Å². The number of hydrogen-bond acceptors (Lipinski definition) is 2. The second-order valence-corrected chi connectivity index (χ2v) is 4.50. The monoisotopic (exact) mass is 242 g/mol. The van der Waals surface area contributed by atoms with E-state index in [0.29, 0.717) is 0 Å². The molecule has 0 saturated carbocycles. The molecule has 1 rings (SSSR count). The van der Waals surface area contributed by atoms with E-state index < -0.39 is 23.1 Å². The molecule has 0 saturated heterocycles. The van der Waals surface area contributed by atoms with Crippen molar-refractivity contribution in [3.05, 3.63) is 35.4 Å². The van der Waals surface area contributed by atoms with E-state index in [4.69, 9.17) is 5.73 Å². The molecule has 17 heavy (non-hydrogen) atoms. The second kappa shape index (κ2) is 4.79. The van der Waals surface area contributed by atoms with E-state index in [1.54, 1.807) is 13.8 Å². The number of benzene rings is 1. The SMILES string of the molecule is CN(C(=O)c1cc(F)ccc1F)C(C)(C)CN. The fourth-order valence-electron chi connectivity index (χ4n) is 1.25. The van der Waals surface area contributed by atoms with E-state index in [0.717, 1.165) is 18.2 Å². The summed E-state index contributed by atoms with van der Waals surface area (Å²) in [5.74, 6) is -1.97. The summed E-state index contributed by atoms with van der Waals surface area (Å²) in [5.41, 5.74) is 4.63. The van der Waals surface area contributed by atoms with Gasteiger partial charge in [-0.05, 0) is 32.0 Å². The van der Waals surface area contributed by atoms with Crippen LogP contribution in [-0.4, -0.2) is 29.9 Å². The zero-order valence-electron chi connectivity index (χ0n) is 10.1. The van der Waals surface area contributed by atoms with Crippen molar-refractivity contribution in [1.82, 2.24) is 4.90 Å². The topological polar surface area (TPSA) is 46.3 Å². The van der Waals surface area contributed by atoms with Crippen LogP contribution < -0.4 is 5.73 Å². The lowest BCUT2D eigenvalue weighted by molar-refractivity contribution is 0.0635. The average molecular weight is 242 g/mol. The van der Waals surface area contributed by atoms with Crippen LogP contribution in [0.3, 0.4) is 0 Å². The standard InChI is InChI=1S/C12H16F2N2O/c1-12(2,7-15)16(3)11(17)9-6-8(13)4-5-10(9)14/h4-6H,7,15H2,1-3H3. The summed E-state index contributed by atoms with van der Waals surface area (Å²) in [5, 5.41) is 0. The predicted octanol–water partition coefficient (Wildman–Crippen LogP) is 1.77. The van der Waals surface area contributed by atoms with Crippen LogP contribution in [0.25, 0.3) is 0 Å². The summed E-state index contributed by atoms with van der Waals surface area (Å²) in [6.07, 6.45) is 0. The lowest BCUT2D eigenvalue weighted by Gasteiger charge is -2.34. The number of hydrogen-bond donors (Lipinski definition) is 1. The van der Waals surface area contributed by atoms with Crippen LogP contribution in [0.5, 0.6) is 0 Å². The lowest BCUT2D eigenvalue weighted by Crippen LogP contribution is -2.50. The molecule has 0 fully saturated rings. The Hall–Kier alpha value is -1.49. The van der Waals surface area contributed by atoms with Gasteiger partial charge in [0.25, 0.3) is 5.91 Å². The fourth-order valence-corrected chi connectivity index (χ4v) is 1.25. The number of nitrogens with two attached hydrogens (primary N) is 1. The minimum Gasteiger partial charge on any atom is -0.335 e. The molecule has 3 nitrogen and oxygen atoms in total. The van der Waals surface area contributed by atoms with Gasteiger partial charge in [-0.25, -0.2) is 8.78 Å². The van der Waals surface area contributed by atoms with E-state index in [9.17, 15) is 13.6 Å². The van der Waals surface area contributed by atoms with E-state index in [-0.39, 0.29) is 12.1 Å². The van der Waals surface area contributed by atoms with Crippen LogP contribution in [0.4, 0.5) is 8.78 Å². The zero-order valence-corrected chi connectivity index (χ0v) is 10.1. The molecular formula is C12H16F2N2O. The molecule has 0 heterocycles. The summed E-state index contributed by atoms with van der Waals surface area (Å²) in [6.45, 7) is 3.73. The molecule has 0 spiro atoms. The average Bonchev–Trinajstić information content (AvgIpc) is 2.30. The van der Waals surface area contributed by atoms with Gasteiger partial charge >= 0.3 is 0 Å². The summed E-state index contributed by atoms with van der Waals surface area (Å²) in [6, 6.07) is 2.80. The van der Waals surface area contributed by atoms with Gasteiger partial charge < -0.3 is 10.6 Å². The predicted molar refractivity (Wildman–Crippen MR) is 61.6 cm³/mol. The van der Waals surface area contributed by atoms with Gasteiger partial charge in [-0.3, -0.25) is 4.79 Å². The molecule has 94 valence electrons. The second-order valence-electron chi connectivity index (χ2n) is 4.50. The fraction of sp³-hybridized carbons (Fsp3) is 0.417. The van der Waals surface area contributed by atoms with Gasteiger partial charge in [-0.2, -0.15) is 0 Å². The Morgan fingerprint density at radius 2 is 2.00 bits per heavy atom. The van der Waals surface area contributed by atoms with Crippen molar-refractivity contribution in [3.8, 4) is 0 Å². The Bertz CT molecular complexity index is 433. The molecule has 0 unspecified atom stereocenters. The number of nitrogens with zero attached hydrogens (tertiary/aromatic N) is 1. The van der Waals surface area contributed by atoms with Crippen molar-refractivity contribution in [2.24, 2.45) is 5.73 Å². The van der Waals surface area contributed by atoms with Gasteiger partial charge in [-0.15, -0.1) is 0 Å². The van der Waals surface area contributed by atoms with Gasteiger partial charge in [0.05, 0.1) is 5.56 Å². The Morgan fingerprint density at radius 1 is 1.41 bits per heavy atom. The Morgan fingerprint density at radius 3 is 2.53 bits per heavy atom. The highest BCUT2D eigenvalue weighted by atomic mass is 19.1. The third kappa shape index (κ3) is 2.79. The first-order chi connectivity index (χ1) is 7.79. The van der Waals surface area contributed by atoms with Crippen molar-refractivity contribution in [2.75, 3.05) is 13.6 Å². The van der Waals surface area contributed by atoms with Gasteiger partial charge in [-0.1, -0.05) is 0 Å². The molecule has 1 aromatic carbocycles. The number of rotatable bonds is 3. The van der Waals surface area contributed by atoms with E-state index in [1.807, 2.05) is 0 Å². The normalized spacial score (nSPS) is 11.4. The van der Waals surface area contributed by atoms with Crippen LogP contribution in [0, 0.1) is 11.6 Å². The highest BCUT2D eigenvalue weighted by Gasteiger charge is 2.28. The molecule has 1 aromatic rings. The first kappa shape index (κ1) is 13.6. The van der Waals surface area contributed by atoms with Gasteiger partial charge in [0.2, 0.25) is 0 Å². The first-order valence-corrected chi connectivity index (χ1v) is 5.23.